The maximum absolute atomic E-state index is 6.15. The second-order valence-electron chi connectivity index (χ2n) is 6.05. The first-order chi connectivity index (χ1) is 12.6. The number of halogens is 2. The molecular weight excluding hydrogens is 483 g/mol. The van der Waals surface area contributed by atoms with Gasteiger partial charge in [0.05, 0.1) is 19.3 Å². The van der Waals surface area contributed by atoms with Crippen LogP contribution >= 0.6 is 35.6 Å². The Morgan fingerprint density at radius 3 is 2.96 bits per heavy atom. The van der Waals surface area contributed by atoms with Crippen molar-refractivity contribution in [3.8, 4) is 5.75 Å². The smallest absolute Gasteiger partial charge is 0.223 e. The van der Waals surface area contributed by atoms with Crippen molar-refractivity contribution in [3.05, 3.63) is 34.9 Å². The average molecular weight is 507 g/mol. The molecule has 148 valence electrons. The van der Waals surface area contributed by atoms with Crippen molar-refractivity contribution in [1.82, 2.24) is 20.8 Å². The Balaban J connectivity index is 0.00000261. The summed E-state index contributed by atoms with van der Waals surface area (Å²) < 4.78 is 10.4. The molecule has 1 aliphatic heterocycles. The molecule has 0 spiro atoms. The Hall–Kier alpha value is -1.75. The van der Waals surface area contributed by atoms with Crippen molar-refractivity contribution < 1.29 is 9.26 Å². The maximum atomic E-state index is 6.15. The Morgan fingerprint density at radius 2 is 2.30 bits per heavy atom. The third kappa shape index (κ3) is 5.61. The molecule has 1 unspecified atom stereocenters. The Morgan fingerprint density at radius 1 is 1.48 bits per heavy atom. The molecule has 1 saturated heterocycles. The number of guanidine groups is 1. The van der Waals surface area contributed by atoms with Crippen LogP contribution in [0.2, 0.25) is 5.02 Å². The fourth-order valence-electron chi connectivity index (χ4n) is 2.97. The summed E-state index contributed by atoms with van der Waals surface area (Å²) in [7, 11) is 3.41. The van der Waals surface area contributed by atoms with Gasteiger partial charge in [0.1, 0.15) is 5.75 Å². The molecule has 3 rings (SSSR count). The molecule has 0 amide bonds. The van der Waals surface area contributed by atoms with E-state index in [-0.39, 0.29) is 30.0 Å². The lowest BCUT2D eigenvalue weighted by Crippen LogP contribution is -2.44. The highest BCUT2D eigenvalue weighted by Crippen LogP contribution is 2.33. The van der Waals surface area contributed by atoms with E-state index in [4.69, 9.17) is 20.9 Å². The molecule has 2 N–H and O–H groups in total. The van der Waals surface area contributed by atoms with E-state index in [0.717, 1.165) is 30.9 Å². The molecule has 0 aliphatic carbocycles. The largest absolute Gasteiger partial charge is 0.495 e. The number of nitrogens with zero attached hydrogens (tertiary/aromatic N) is 4. The normalized spacial score (nSPS) is 16.8. The topological polar surface area (TPSA) is 87.8 Å². The van der Waals surface area contributed by atoms with Crippen LogP contribution in [-0.2, 0) is 6.54 Å². The van der Waals surface area contributed by atoms with Gasteiger partial charge >= 0.3 is 0 Å². The minimum Gasteiger partial charge on any atom is -0.495 e. The first kappa shape index (κ1) is 21.5. The number of ether oxygens (including phenoxy) is 1. The van der Waals surface area contributed by atoms with E-state index in [1.54, 1.807) is 21.1 Å². The van der Waals surface area contributed by atoms with Crippen LogP contribution in [0.5, 0.6) is 5.75 Å². The number of nitrogens with one attached hydrogen (secondary N) is 2. The minimum absolute atomic E-state index is 0. The van der Waals surface area contributed by atoms with E-state index in [1.165, 1.54) is 0 Å². The third-order valence-electron chi connectivity index (χ3n) is 4.22. The molecule has 1 atom stereocenters. The van der Waals surface area contributed by atoms with Crippen molar-refractivity contribution in [3.63, 3.8) is 0 Å². The molecule has 0 saturated carbocycles. The van der Waals surface area contributed by atoms with Crippen molar-refractivity contribution in [2.24, 2.45) is 4.99 Å². The molecule has 0 radical (unpaired) electrons. The molecule has 1 aliphatic rings. The predicted octanol–water partition coefficient (Wildman–Crippen LogP) is 2.60. The number of methoxy groups -OCH3 is 1. The standard InChI is InChI=1S/C17H23ClN6O2.HI/c1-11-21-16(23-26-11)9-20-17(19-2)22-13-6-7-24(10-13)14-8-12(18)4-5-15(14)25-3;/h4-5,8,13H,6-7,9-10H2,1-3H3,(H2,19,20,22);1H. The Bertz CT molecular complexity index is 785. The number of aromatic nitrogens is 2. The van der Waals surface area contributed by atoms with Gasteiger partial charge in [-0.1, -0.05) is 16.8 Å². The molecule has 1 aromatic heterocycles. The molecule has 27 heavy (non-hydrogen) atoms. The minimum atomic E-state index is 0. The van der Waals surface area contributed by atoms with Gasteiger partial charge in [0.15, 0.2) is 11.8 Å². The molecule has 10 heteroatoms. The highest BCUT2D eigenvalue weighted by molar-refractivity contribution is 14.0. The van der Waals surface area contributed by atoms with Gasteiger partial charge in [-0.3, -0.25) is 4.99 Å². The van der Waals surface area contributed by atoms with E-state index in [9.17, 15) is 0 Å². The van der Waals surface area contributed by atoms with Gasteiger partial charge in [-0.15, -0.1) is 24.0 Å². The van der Waals surface area contributed by atoms with Gasteiger partial charge in [-0.25, -0.2) is 0 Å². The first-order valence-corrected chi connectivity index (χ1v) is 8.81. The van der Waals surface area contributed by atoms with Crippen LogP contribution < -0.4 is 20.3 Å². The quantitative estimate of drug-likeness (QED) is 0.366. The number of hydrogen-bond donors (Lipinski definition) is 2. The summed E-state index contributed by atoms with van der Waals surface area (Å²) >= 11 is 6.15. The van der Waals surface area contributed by atoms with Gasteiger partial charge in [0, 0.05) is 38.1 Å². The van der Waals surface area contributed by atoms with Crippen LogP contribution in [-0.4, -0.2) is 49.4 Å². The third-order valence-corrected chi connectivity index (χ3v) is 4.45. The number of rotatable bonds is 5. The summed E-state index contributed by atoms with van der Waals surface area (Å²) in [6.07, 6.45) is 0.984. The van der Waals surface area contributed by atoms with E-state index < -0.39 is 0 Å². The zero-order valence-electron chi connectivity index (χ0n) is 15.5. The Kier molecular flexibility index (Phi) is 7.96. The summed E-state index contributed by atoms with van der Waals surface area (Å²) in [5.74, 6) is 2.68. The lowest BCUT2D eigenvalue weighted by molar-refractivity contribution is 0.386. The summed E-state index contributed by atoms with van der Waals surface area (Å²) in [6.45, 7) is 3.96. The SMILES string of the molecule is CN=C(NCc1noc(C)n1)NC1CCN(c2cc(Cl)ccc2OC)C1.I. The number of hydrogen-bond acceptors (Lipinski definition) is 6. The maximum Gasteiger partial charge on any atom is 0.223 e. The summed E-state index contributed by atoms with van der Waals surface area (Å²) in [5, 5.41) is 11.2. The zero-order valence-corrected chi connectivity index (χ0v) is 18.6. The second kappa shape index (κ2) is 9.98. The summed E-state index contributed by atoms with van der Waals surface area (Å²) in [5.41, 5.74) is 1.01. The van der Waals surface area contributed by atoms with Gasteiger partial charge in [-0.05, 0) is 24.6 Å². The molecule has 8 nitrogen and oxygen atoms in total. The summed E-state index contributed by atoms with van der Waals surface area (Å²) in [6, 6.07) is 5.93. The first-order valence-electron chi connectivity index (χ1n) is 8.44. The predicted molar refractivity (Wildman–Crippen MR) is 116 cm³/mol. The lowest BCUT2D eigenvalue weighted by Gasteiger charge is -2.22. The van der Waals surface area contributed by atoms with Gasteiger partial charge < -0.3 is 24.8 Å². The van der Waals surface area contributed by atoms with Crippen LogP contribution in [0.1, 0.15) is 18.1 Å². The highest BCUT2D eigenvalue weighted by Gasteiger charge is 2.25. The monoisotopic (exact) mass is 506 g/mol. The van der Waals surface area contributed by atoms with Gasteiger partial charge in [0.2, 0.25) is 5.89 Å². The number of anilines is 1. The van der Waals surface area contributed by atoms with Crippen LogP contribution in [0.25, 0.3) is 0 Å². The van der Waals surface area contributed by atoms with Gasteiger partial charge in [0.25, 0.3) is 0 Å². The van der Waals surface area contributed by atoms with Crippen LogP contribution in [0.4, 0.5) is 5.69 Å². The molecule has 0 bridgehead atoms. The van der Waals surface area contributed by atoms with Crippen LogP contribution in [0.15, 0.2) is 27.7 Å². The van der Waals surface area contributed by atoms with E-state index in [0.29, 0.717) is 29.2 Å². The fourth-order valence-corrected chi connectivity index (χ4v) is 3.14. The van der Waals surface area contributed by atoms with E-state index in [1.807, 2.05) is 18.2 Å². The number of aliphatic imine (C=N–C) groups is 1. The molecule has 2 heterocycles. The zero-order chi connectivity index (χ0) is 18.5. The Labute approximate surface area is 180 Å². The summed E-state index contributed by atoms with van der Waals surface area (Å²) in [4.78, 5) is 10.7. The van der Waals surface area contributed by atoms with E-state index in [2.05, 4.69) is 30.7 Å². The fraction of sp³-hybridized carbons (Fsp3) is 0.471. The van der Waals surface area contributed by atoms with Crippen molar-refractivity contribution in [1.29, 1.82) is 0 Å². The van der Waals surface area contributed by atoms with Crippen molar-refractivity contribution in [2.75, 3.05) is 32.1 Å². The van der Waals surface area contributed by atoms with Crippen molar-refractivity contribution in [2.45, 2.75) is 25.9 Å². The second-order valence-corrected chi connectivity index (χ2v) is 6.48. The van der Waals surface area contributed by atoms with Gasteiger partial charge in [-0.2, -0.15) is 4.98 Å². The van der Waals surface area contributed by atoms with E-state index >= 15 is 0 Å². The molecule has 2 aromatic rings. The number of aryl methyl sites for hydroxylation is 1. The average Bonchev–Trinajstić information content (AvgIpc) is 3.27. The van der Waals surface area contributed by atoms with Crippen LogP contribution in [0.3, 0.4) is 0 Å². The molecule has 1 aromatic carbocycles. The molecular formula is C17H24ClIN6O2. The van der Waals surface area contributed by atoms with Crippen LogP contribution in [0, 0.1) is 6.92 Å². The van der Waals surface area contributed by atoms with Crippen molar-refractivity contribution >= 4 is 47.2 Å². The number of benzene rings is 1. The molecule has 1 fully saturated rings. The highest BCUT2D eigenvalue weighted by atomic mass is 127. The lowest BCUT2D eigenvalue weighted by atomic mass is 10.2.